The van der Waals surface area contributed by atoms with Crippen molar-refractivity contribution in [2.75, 3.05) is 12.4 Å². The Labute approximate surface area is 180 Å². The first-order valence-electron chi connectivity index (χ1n) is 10.0. The zero-order valence-electron chi connectivity index (χ0n) is 16.5. The smallest absolute Gasteiger partial charge is 0.251 e. The molecule has 4 nitrogen and oxygen atoms in total. The number of nitrogens with one attached hydrogen (secondary N) is 1. The number of aromatic nitrogens is 1. The number of aromatic amines is 1. The number of hydrogen-bond donors (Lipinski definition) is 2. The highest BCUT2D eigenvalue weighted by molar-refractivity contribution is 7.99. The molecule has 0 amide bonds. The van der Waals surface area contributed by atoms with Crippen LogP contribution in [0, 0.1) is 5.92 Å². The van der Waals surface area contributed by atoms with E-state index in [1.165, 1.54) is 0 Å². The number of carbonyl (C=O) groups excluding carboxylic acids is 1. The summed E-state index contributed by atoms with van der Waals surface area (Å²) in [5.74, 6) is 1.26. The number of benzene rings is 1. The number of aliphatic hydroxyl groups excluding tert-OH is 1. The van der Waals surface area contributed by atoms with Crippen molar-refractivity contribution in [1.82, 2.24) is 4.98 Å². The summed E-state index contributed by atoms with van der Waals surface area (Å²) >= 11 is 8.14. The van der Waals surface area contributed by atoms with Crippen molar-refractivity contribution in [3.05, 3.63) is 68.6 Å². The van der Waals surface area contributed by atoms with E-state index in [1.54, 1.807) is 11.8 Å². The molecule has 1 aromatic heterocycles. The predicted octanol–water partition coefficient (Wildman–Crippen LogP) is 4.87. The molecule has 0 aliphatic heterocycles. The molecule has 2 aromatic rings. The summed E-state index contributed by atoms with van der Waals surface area (Å²) in [5.41, 5.74) is 3.22. The van der Waals surface area contributed by atoms with Crippen LogP contribution >= 0.6 is 23.4 Å². The van der Waals surface area contributed by atoms with Gasteiger partial charge in [-0.2, -0.15) is 0 Å². The van der Waals surface area contributed by atoms with Crippen molar-refractivity contribution in [1.29, 1.82) is 0 Å². The lowest BCUT2D eigenvalue weighted by molar-refractivity contribution is -0.117. The van der Waals surface area contributed by atoms with E-state index in [1.807, 2.05) is 37.3 Å². The molecule has 0 saturated heterocycles. The minimum absolute atomic E-state index is 0.0827. The van der Waals surface area contributed by atoms with Gasteiger partial charge in [-0.25, -0.2) is 0 Å². The summed E-state index contributed by atoms with van der Waals surface area (Å²) in [6.45, 7) is 2.12. The Bertz CT molecular complexity index is 967. The highest BCUT2D eigenvalue weighted by Gasteiger charge is 2.22. The Morgan fingerprint density at radius 1 is 1.31 bits per heavy atom. The van der Waals surface area contributed by atoms with Crippen LogP contribution in [0.3, 0.4) is 0 Å². The molecule has 1 aromatic carbocycles. The van der Waals surface area contributed by atoms with Crippen molar-refractivity contribution in [3.8, 4) is 0 Å². The second-order valence-electron chi connectivity index (χ2n) is 7.27. The zero-order chi connectivity index (χ0) is 20.8. The molecule has 0 spiro atoms. The highest BCUT2D eigenvalue weighted by Crippen LogP contribution is 2.34. The van der Waals surface area contributed by atoms with Gasteiger partial charge in [0.05, 0.1) is 5.02 Å². The standard InChI is InChI=1S/C23H26ClNO3S/c1-2-16-5-8-21(25-23(16)28)19(13-15-4-7-18(27)12-15)17-6-9-22(20(24)14-17)29-11-3-10-26/h5-6,8-9,13-15,26H,2-4,7,10-12H2,1H3,(H,25,28)/b19-13-/t15-/m0/s1. The molecular weight excluding hydrogens is 406 g/mol. The number of aryl methyl sites for hydroxylation is 1. The molecule has 2 N–H and O–H groups in total. The van der Waals surface area contributed by atoms with Crippen LogP contribution in [0.1, 0.15) is 49.4 Å². The summed E-state index contributed by atoms with van der Waals surface area (Å²) < 4.78 is 0. The molecule has 0 radical (unpaired) electrons. The monoisotopic (exact) mass is 431 g/mol. The third-order valence-electron chi connectivity index (χ3n) is 5.15. The van der Waals surface area contributed by atoms with Gasteiger partial charge in [-0.05, 0) is 48.9 Å². The van der Waals surface area contributed by atoms with Gasteiger partial charge in [0.2, 0.25) is 0 Å². The Kier molecular flexibility index (Phi) is 7.76. The molecule has 29 heavy (non-hydrogen) atoms. The largest absolute Gasteiger partial charge is 0.396 e. The van der Waals surface area contributed by atoms with Gasteiger partial charge in [0.15, 0.2) is 0 Å². The Balaban J connectivity index is 1.98. The fourth-order valence-electron chi connectivity index (χ4n) is 3.53. The summed E-state index contributed by atoms with van der Waals surface area (Å²) in [6.07, 6.45) is 5.49. The molecule has 1 aliphatic rings. The van der Waals surface area contributed by atoms with Crippen molar-refractivity contribution < 1.29 is 9.90 Å². The minimum atomic E-state index is -0.0827. The second kappa shape index (κ2) is 10.3. The summed E-state index contributed by atoms with van der Waals surface area (Å²) in [5, 5.41) is 9.61. The molecule has 1 aliphatic carbocycles. The zero-order valence-corrected chi connectivity index (χ0v) is 18.1. The maximum absolute atomic E-state index is 12.4. The van der Waals surface area contributed by atoms with E-state index < -0.39 is 0 Å². The van der Waals surface area contributed by atoms with Crippen LogP contribution in [-0.4, -0.2) is 28.2 Å². The van der Waals surface area contributed by atoms with Crippen molar-refractivity contribution >= 4 is 34.7 Å². The van der Waals surface area contributed by atoms with E-state index in [0.29, 0.717) is 30.7 Å². The third kappa shape index (κ3) is 5.62. The topological polar surface area (TPSA) is 70.2 Å². The van der Waals surface area contributed by atoms with E-state index in [-0.39, 0.29) is 23.9 Å². The van der Waals surface area contributed by atoms with Crippen molar-refractivity contribution in [3.63, 3.8) is 0 Å². The molecule has 0 bridgehead atoms. The molecule has 0 unspecified atom stereocenters. The average Bonchev–Trinajstić information content (AvgIpc) is 3.12. The number of Topliss-reactive ketones (excluding diaryl/α,β-unsaturated/α-hetero) is 1. The molecule has 6 heteroatoms. The number of thioether (sulfide) groups is 1. The van der Waals surface area contributed by atoms with Gasteiger partial charge < -0.3 is 10.1 Å². The van der Waals surface area contributed by atoms with E-state index in [2.05, 4.69) is 11.1 Å². The van der Waals surface area contributed by atoms with Crippen LogP contribution in [0.2, 0.25) is 5.02 Å². The number of rotatable bonds is 8. The minimum Gasteiger partial charge on any atom is -0.396 e. The van der Waals surface area contributed by atoms with Crippen LogP contribution < -0.4 is 5.56 Å². The number of allylic oxidation sites excluding steroid dienone is 1. The first-order chi connectivity index (χ1) is 14.0. The van der Waals surface area contributed by atoms with Crippen LogP contribution in [0.5, 0.6) is 0 Å². The molecule has 1 saturated carbocycles. The number of aliphatic hydroxyl groups is 1. The number of ketones is 1. The predicted molar refractivity (Wildman–Crippen MR) is 120 cm³/mol. The Morgan fingerprint density at radius 3 is 2.76 bits per heavy atom. The van der Waals surface area contributed by atoms with E-state index in [4.69, 9.17) is 16.7 Å². The van der Waals surface area contributed by atoms with Gasteiger partial charge in [-0.1, -0.05) is 36.7 Å². The maximum atomic E-state index is 12.4. The van der Waals surface area contributed by atoms with E-state index >= 15 is 0 Å². The van der Waals surface area contributed by atoms with Gasteiger partial charge in [-0.3, -0.25) is 9.59 Å². The normalized spacial score (nSPS) is 17.1. The summed E-state index contributed by atoms with van der Waals surface area (Å²) in [4.78, 5) is 28.1. The number of pyridine rings is 1. The SMILES string of the molecule is CCc1ccc(/C(=C\[C@H]2CCC(=O)C2)c2ccc(SCCCO)c(Cl)c2)[nH]c1=O. The molecule has 154 valence electrons. The highest BCUT2D eigenvalue weighted by atomic mass is 35.5. The van der Waals surface area contributed by atoms with Crippen molar-refractivity contribution in [2.45, 2.75) is 43.9 Å². The molecule has 1 heterocycles. The quantitative estimate of drug-likeness (QED) is 0.462. The fraction of sp³-hybridized carbons (Fsp3) is 0.391. The van der Waals surface area contributed by atoms with Gasteiger partial charge in [0, 0.05) is 46.9 Å². The second-order valence-corrected chi connectivity index (χ2v) is 8.82. The lowest BCUT2D eigenvalue weighted by atomic mass is 9.95. The van der Waals surface area contributed by atoms with E-state index in [0.717, 1.165) is 39.5 Å². The van der Waals surface area contributed by atoms with Crippen LogP contribution in [-0.2, 0) is 11.2 Å². The van der Waals surface area contributed by atoms with E-state index in [9.17, 15) is 9.59 Å². The number of carbonyl (C=O) groups is 1. The van der Waals surface area contributed by atoms with Crippen LogP contribution in [0.4, 0.5) is 0 Å². The molecule has 1 atom stereocenters. The molecule has 3 rings (SSSR count). The van der Waals surface area contributed by atoms with Crippen LogP contribution in [0.15, 0.2) is 46.1 Å². The number of halogens is 1. The summed E-state index contributed by atoms with van der Waals surface area (Å²) in [7, 11) is 0. The lowest BCUT2D eigenvalue weighted by Gasteiger charge is -2.14. The average molecular weight is 432 g/mol. The summed E-state index contributed by atoms with van der Waals surface area (Å²) in [6, 6.07) is 9.69. The third-order valence-corrected chi connectivity index (χ3v) is 6.74. The Morgan fingerprint density at radius 2 is 2.14 bits per heavy atom. The van der Waals surface area contributed by atoms with Gasteiger partial charge in [-0.15, -0.1) is 11.8 Å². The van der Waals surface area contributed by atoms with Gasteiger partial charge in [0.25, 0.3) is 5.56 Å². The van der Waals surface area contributed by atoms with Crippen molar-refractivity contribution in [2.24, 2.45) is 5.92 Å². The molecular formula is C23H26ClNO3S. The maximum Gasteiger partial charge on any atom is 0.251 e. The first-order valence-corrected chi connectivity index (χ1v) is 11.4. The number of H-pyrrole nitrogens is 1. The van der Waals surface area contributed by atoms with Crippen LogP contribution in [0.25, 0.3) is 5.57 Å². The first kappa shape index (κ1) is 21.9. The lowest BCUT2D eigenvalue weighted by Crippen LogP contribution is -2.13. The molecule has 1 fully saturated rings. The Hall–Kier alpha value is -1.82. The number of hydrogen-bond acceptors (Lipinski definition) is 4. The van der Waals surface area contributed by atoms with Gasteiger partial charge in [0.1, 0.15) is 5.78 Å². The fourth-order valence-corrected chi connectivity index (χ4v) is 4.73. The van der Waals surface area contributed by atoms with Gasteiger partial charge >= 0.3 is 0 Å².